The molecule has 0 aliphatic rings. The molecule has 82 valence electrons. The van der Waals surface area contributed by atoms with Crippen LogP contribution in [0.15, 0.2) is 23.7 Å². The molecule has 0 fully saturated rings. The number of nitrogens with zero attached hydrogens (tertiary/aromatic N) is 2. The molecule has 0 N–H and O–H groups in total. The molecule has 0 spiro atoms. The van der Waals surface area contributed by atoms with E-state index in [-0.39, 0.29) is 5.78 Å². The van der Waals surface area contributed by atoms with E-state index >= 15 is 0 Å². The molecule has 0 bridgehead atoms. The number of carbonyl (C=O) groups excluding carboxylic acids is 1. The van der Waals surface area contributed by atoms with Crippen LogP contribution in [0.3, 0.4) is 0 Å². The maximum Gasteiger partial charge on any atom is 0.187 e. The fraction of sp³-hybridized carbons (Fsp3) is 0.250. The number of pyridine rings is 1. The number of rotatable bonds is 3. The lowest BCUT2D eigenvalue weighted by molar-refractivity contribution is 0.0987. The lowest BCUT2D eigenvalue weighted by Crippen LogP contribution is -2.06. The number of carbonyl (C=O) groups is 1. The highest BCUT2D eigenvalue weighted by molar-refractivity contribution is 7.09. The van der Waals surface area contributed by atoms with Gasteiger partial charge in [-0.05, 0) is 31.5 Å². The number of ketones is 1. The number of aromatic nitrogens is 2. The van der Waals surface area contributed by atoms with Gasteiger partial charge in [-0.25, -0.2) is 4.98 Å². The second-order valence-corrected chi connectivity index (χ2v) is 4.74. The molecule has 0 atom stereocenters. The highest BCUT2D eigenvalue weighted by Gasteiger charge is 2.10. The summed E-state index contributed by atoms with van der Waals surface area (Å²) in [4.78, 5) is 20.2. The molecule has 0 aliphatic carbocycles. The zero-order valence-corrected chi connectivity index (χ0v) is 10.0. The first-order valence-electron chi connectivity index (χ1n) is 5.02. The average Bonchev–Trinajstić information content (AvgIpc) is 2.64. The standard InChI is InChI=1S/C12H12N2OS/c1-8-3-4-13-11(5-8)12(15)6-10-7-16-9(2)14-10/h3-5,7H,6H2,1-2H3. The van der Waals surface area contributed by atoms with Gasteiger partial charge in [-0.1, -0.05) is 0 Å². The summed E-state index contributed by atoms with van der Waals surface area (Å²) in [6.07, 6.45) is 2.00. The molecule has 0 aromatic carbocycles. The van der Waals surface area contributed by atoms with Gasteiger partial charge < -0.3 is 0 Å². The lowest BCUT2D eigenvalue weighted by atomic mass is 10.1. The van der Waals surface area contributed by atoms with Crippen molar-refractivity contribution in [1.29, 1.82) is 0 Å². The van der Waals surface area contributed by atoms with E-state index in [4.69, 9.17) is 0 Å². The van der Waals surface area contributed by atoms with Gasteiger partial charge in [-0.15, -0.1) is 11.3 Å². The van der Waals surface area contributed by atoms with E-state index in [0.29, 0.717) is 12.1 Å². The average molecular weight is 232 g/mol. The zero-order valence-electron chi connectivity index (χ0n) is 9.23. The molecule has 16 heavy (non-hydrogen) atoms. The third-order valence-corrected chi connectivity index (χ3v) is 3.03. The Kier molecular flexibility index (Phi) is 3.10. The fourth-order valence-electron chi connectivity index (χ4n) is 1.43. The first kappa shape index (κ1) is 11.0. The van der Waals surface area contributed by atoms with Crippen molar-refractivity contribution in [3.8, 4) is 0 Å². The molecule has 0 saturated heterocycles. The summed E-state index contributed by atoms with van der Waals surface area (Å²) in [7, 11) is 0. The predicted molar refractivity (Wildman–Crippen MR) is 63.9 cm³/mol. The summed E-state index contributed by atoms with van der Waals surface area (Å²) in [5.41, 5.74) is 2.40. The zero-order chi connectivity index (χ0) is 11.5. The highest BCUT2D eigenvalue weighted by Crippen LogP contribution is 2.11. The molecule has 0 amide bonds. The van der Waals surface area contributed by atoms with Gasteiger partial charge in [-0.2, -0.15) is 0 Å². The number of thiazole rings is 1. The summed E-state index contributed by atoms with van der Waals surface area (Å²) < 4.78 is 0. The molecule has 0 aliphatic heterocycles. The SMILES string of the molecule is Cc1ccnc(C(=O)Cc2csc(C)n2)c1. The van der Waals surface area contributed by atoms with Crippen LogP contribution in [-0.4, -0.2) is 15.8 Å². The smallest absolute Gasteiger partial charge is 0.187 e. The Morgan fingerprint density at radius 3 is 2.88 bits per heavy atom. The van der Waals surface area contributed by atoms with E-state index in [9.17, 15) is 4.79 Å². The van der Waals surface area contributed by atoms with E-state index in [2.05, 4.69) is 9.97 Å². The van der Waals surface area contributed by atoms with Gasteiger partial charge in [0.1, 0.15) is 5.69 Å². The quantitative estimate of drug-likeness (QED) is 0.764. The van der Waals surface area contributed by atoms with Gasteiger partial charge in [0.15, 0.2) is 5.78 Å². The van der Waals surface area contributed by atoms with Crippen LogP contribution in [0.25, 0.3) is 0 Å². The van der Waals surface area contributed by atoms with Crippen molar-refractivity contribution in [2.24, 2.45) is 0 Å². The van der Waals surface area contributed by atoms with Gasteiger partial charge in [0.05, 0.1) is 17.1 Å². The molecular formula is C12H12N2OS. The van der Waals surface area contributed by atoms with E-state index in [1.807, 2.05) is 31.4 Å². The lowest BCUT2D eigenvalue weighted by Gasteiger charge is -1.99. The van der Waals surface area contributed by atoms with Gasteiger partial charge >= 0.3 is 0 Å². The van der Waals surface area contributed by atoms with E-state index in [0.717, 1.165) is 16.3 Å². The molecule has 4 heteroatoms. The molecule has 0 radical (unpaired) electrons. The third kappa shape index (κ3) is 2.52. The molecular weight excluding hydrogens is 220 g/mol. The van der Waals surface area contributed by atoms with Crippen LogP contribution in [0.1, 0.15) is 26.8 Å². The van der Waals surface area contributed by atoms with Gasteiger partial charge in [0, 0.05) is 11.6 Å². The molecule has 2 aromatic heterocycles. The summed E-state index contributed by atoms with van der Waals surface area (Å²) in [6.45, 7) is 3.88. The van der Waals surface area contributed by atoms with Crippen LogP contribution in [-0.2, 0) is 6.42 Å². The third-order valence-electron chi connectivity index (χ3n) is 2.21. The van der Waals surface area contributed by atoms with E-state index < -0.39 is 0 Å². The summed E-state index contributed by atoms with van der Waals surface area (Å²) >= 11 is 1.56. The van der Waals surface area contributed by atoms with Crippen LogP contribution < -0.4 is 0 Å². The Labute approximate surface area is 98.2 Å². The van der Waals surface area contributed by atoms with E-state index in [1.54, 1.807) is 17.5 Å². The van der Waals surface area contributed by atoms with Crippen LogP contribution >= 0.6 is 11.3 Å². The Morgan fingerprint density at radius 1 is 1.44 bits per heavy atom. The Balaban J connectivity index is 2.14. The largest absolute Gasteiger partial charge is 0.292 e. The Hall–Kier alpha value is -1.55. The summed E-state index contributed by atoms with van der Waals surface area (Å²) in [5.74, 6) is 0.0222. The molecule has 2 aromatic rings. The van der Waals surface area contributed by atoms with Crippen molar-refractivity contribution in [3.63, 3.8) is 0 Å². The van der Waals surface area contributed by atoms with E-state index in [1.165, 1.54) is 0 Å². The fourth-order valence-corrected chi connectivity index (χ4v) is 2.05. The topological polar surface area (TPSA) is 42.9 Å². The second kappa shape index (κ2) is 4.53. The minimum atomic E-state index is 0.0222. The Bertz CT molecular complexity index is 519. The monoisotopic (exact) mass is 232 g/mol. The van der Waals surface area contributed by atoms with Crippen LogP contribution in [0.4, 0.5) is 0 Å². The van der Waals surface area contributed by atoms with Crippen molar-refractivity contribution in [3.05, 3.63) is 45.7 Å². The van der Waals surface area contributed by atoms with Crippen molar-refractivity contribution >= 4 is 17.1 Å². The number of Topliss-reactive ketones (excluding diaryl/α,β-unsaturated/α-hetero) is 1. The molecule has 2 rings (SSSR count). The summed E-state index contributed by atoms with van der Waals surface area (Å²) in [5, 5.41) is 2.91. The Morgan fingerprint density at radius 2 is 2.25 bits per heavy atom. The molecule has 2 heterocycles. The maximum atomic E-state index is 11.9. The van der Waals surface area contributed by atoms with Gasteiger partial charge in [-0.3, -0.25) is 9.78 Å². The highest BCUT2D eigenvalue weighted by atomic mass is 32.1. The van der Waals surface area contributed by atoms with Crippen LogP contribution in [0.2, 0.25) is 0 Å². The molecule has 0 saturated carbocycles. The maximum absolute atomic E-state index is 11.9. The number of hydrogen-bond acceptors (Lipinski definition) is 4. The predicted octanol–water partition coefficient (Wildman–Crippen LogP) is 2.58. The minimum absolute atomic E-state index is 0.0222. The van der Waals surface area contributed by atoms with Crippen molar-refractivity contribution in [2.75, 3.05) is 0 Å². The molecule has 3 nitrogen and oxygen atoms in total. The van der Waals surface area contributed by atoms with Crippen LogP contribution in [0.5, 0.6) is 0 Å². The number of aryl methyl sites for hydroxylation is 2. The van der Waals surface area contributed by atoms with Gasteiger partial charge in [0.25, 0.3) is 0 Å². The van der Waals surface area contributed by atoms with Crippen molar-refractivity contribution in [1.82, 2.24) is 9.97 Å². The minimum Gasteiger partial charge on any atom is -0.292 e. The van der Waals surface area contributed by atoms with Gasteiger partial charge in [0.2, 0.25) is 0 Å². The molecule has 0 unspecified atom stereocenters. The first-order chi connectivity index (χ1) is 7.65. The normalized spacial score (nSPS) is 10.4. The first-order valence-corrected chi connectivity index (χ1v) is 5.90. The van der Waals surface area contributed by atoms with Crippen molar-refractivity contribution in [2.45, 2.75) is 20.3 Å². The number of hydrogen-bond donors (Lipinski definition) is 0. The summed E-state index contributed by atoms with van der Waals surface area (Å²) in [6, 6.07) is 3.69. The van der Waals surface area contributed by atoms with Crippen LogP contribution in [0, 0.1) is 13.8 Å². The second-order valence-electron chi connectivity index (χ2n) is 3.68. The van der Waals surface area contributed by atoms with Crippen molar-refractivity contribution < 1.29 is 4.79 Å².